The van der Waals surface area contributed by atoms with Crippen LogP contribution < -0.4 is 15.4 Å². The number of ether oxygens (including phenoxy) is 1. The van der Waals surface area contributed by atoms with E-state index in [4.69, 9.17) is 4.74 Å². The molecule has 2 amide bonds. The molecule has 2 rings (SSSR count). The lowest BCUT2D eigenvalue weighted by molar-refractivity contribution is -0.139. The third kappa shape index (κ3) is 4.58. The summed E-state index contributed by atoms with van der Waals surface area (Å²) in [5.41, 5.74) is 2.75. The topological polar surface area (TPSA) is 85.2 Å². The average molecular weight is 330 g/mol. The van der Waals surface area contributed by atoms with Crippen molar-refractivity contribution in [3.8, 4) is 5.75 Å². The van der Waals surface area contributed by atoms with Gasteiger partial charge in [-0.05, 0) is 26.0 Å². The molecule has 0 aliphatic carbocycles. The maximum absolute atomic E-state index is 11.8. The predicted octanol–water partition coefficient (Wildman–Crippen LogP) is 0.941. The molecule has 0 radical (unpaired) electrons. The van der Waals surface area contributed by atoms with Gasteiger partial charge in [0.1, 0.15) is 5.75 Å². The van der Waals surface area contributed by atoms with E-state index >= 15 is 0 Å². The summed E-state index contributed by atoms with van der Waals surface area (Å²) in [5, 5.41) is 9.47. The number of carbonyl (C=O) groups excluding carboxylic acids is 2. The fraction of sp³-hybridized carbons (Fsp3) is 0.353. The molecule has 2 N–H and O–H groups in total. The van der Waals surface area contributed by atoms with Crippen LogP contribution in [0.4, 0.5) is 0 Å². The van der Waals surface area contributed by atoms with Crippen LogP contribution in [0.15, 0.2) is 30.3 Å². The molecule has 0 spiro atoms. The first-order valence-electron chi connectivity index (χ1n) is 7.70. The lowest BCUT2D eigenvalue weighted by Crippen LogP contribution is -2.40. The lowest BCUT2D eigenvalue weighted by Gasteiger charge is -2.10. The number of aryl methyl sites for hydroxylation is 2. The number of para-hydroxylation sites is 1. The molecule has 0 fully saturated rings. The van der Waals surface area contributed by atoms with Crippen LogP contribution in [-0.2, 0) is 22.7 Å². The largest absolute Gasteiger partial charge is 0.496 e. The second kappa shape index (κ2) is 8.14. The van der Waals surface area contributed by atoms with Crippen molar-refractivity contribution in [1.82, 2.24) is 20.4 Å². The molecule has 0 aliphatic rings. The molecule has 1 heterocycles. The predicted molar refractivity (Wildman–Crippen MR) is 89.6 cm³/mol. The number of amides is 2. The Labute approximate surface area is 141 Å². The molecule has 7 nitrogen and oxygen atoms in total. The average Bonchev–Trinajstić information content (AvgIpc) is 2.90. The summed E-state index contributed by atoms with van der Waals surface area (Å²) in [5.74, 6) is -0.663. The number of nitrogens with zero attached hydrogens (tertiary/aromatic N) is 2. The quantitative estimate of drug-likeness (QED) is 0.772. The van der Waals surface area contributed by atoms with Gasteiger partial charge < -0.3 is 15.4 Å². The molecule has 0 aliphatic heterocycles. The number of benzene rings is 1. The second-order valence-corrected chi connectivity index (χ2v) is 5.40. The van der Waals surface area contributed by atoms with Crippen molar-refractivity contribution in [1.29, 1.82) is 0 Å². The molecule has 7 heteroatoms. The minimum Gasteiger partial charge on any atom is -0.496 e. The summed E-state index contributed by atoms with van der Waals surface area (Å²) in [7, 11) is 1.56. The van der Waals surface area contributed by atoms with Crippen LogP contribution in [0.1, 0.15) is 17.0 Å². The second-order valence-electron chi connectivity index (χ2n) is 5.40. The van der Waals surface area contributed by atoms with Gasteiger partial charge in [-0.15, -0.1) is 0 Å². The molecule has 0 saturated carbocycles. The molecule has 0 atom stereocenters. The Morgan fingerprint density at radius 3 is 2.54 bits per heavy atom. The Morgan fingerprint density at radius 2 is 1.88 bits per heavy atom. The Morgan fingerprint density at radius 1 is 1.17 bits per heavy atom. The molecule has 24 heavy (non-hydrogen) atoms. The Bertz CT molecular complexity index is 724. The first kappa shape index (κ1) is 17.5. The molecule has 0 saturated heterocycles. The van der Waals surface area contributed by atoms with E-state index < -0.39 is 11.8 Å². The van der Waals surface area contributed by atoms with Gasteiger partial charge in [0.2, 0.25) is 0 Å². The summed E-state index contributed by atoms with van der Waals surface area (Å²) in [6, 6.07) is 9.28. The molecule has 1 aromatic carbocycles. The molecular weight excluding hydrogens is 308 g/mol. The van der Waals surface area contributed by atoms with Gasteiger partial charge in [0.15, 0.2) is 0 Å². The zero-order valence-electron chi connectivity index (χ0n) is 14.1. The van der Waals surface area contributed by atoms with E-state index in [0.29, 0.717) is 18.8 Å². The van der Waals surface area contributed by atoms with Gasteiger partial charge in [-0.25, -0.2) is 0 Å². The van der Waals surface area contributed by atoms with Crippen molar-refractivity contribution in [2.24, 2.45) is 0 Å². The zero-order chi connectivity index (χ0) is 17.5. The normalized spacial score (nSPS) is 10.3. The summed E-state index contributed by atoms with van der Waals surface area (Å²) in [4.78, 5) is 23.7. The van der Waals surface area contributed by atoms with Crippen molar-refractivity contribution in [3.63, 3.8) is 0 Å². The standard InChI is InChI=1S/C17H22N4O3/c1-12-10-13(2)21(20-12)9-8-18-16(22)17(23)19-11-14-6-4-5-7-15(14)24-3/h4-7,10H,8-9,11H2,1-3H3,(H,18,22)(H,19,23). The SMILES string of the molecule is COc1ccccc1CNC(=O)C(=O)NCCn1nc(C)cc1C. The molecular formula is C17H22N4O3. The van der Waals surface area contributed by atoms with Crippen molar-refractivity contribution >= 4 is 11.8 Å². The minimum absolute atomic E-state index is 0.230. The van der Waals surface area contributed by atoms with Crippen LogP contribution >= 0.6 is 0 Å². The maximum atomic E-state index is 11.8. The summed E-state index contributed by atoms with van der Waals surface area (Å²) in [6.07, 6.45) is 0. The Kier molecular flexibility index (Phi) is 5.95. The summed E-state index contributed by atoms with van der Waals surface area (Å²) in [6.45, 7) is 4.94. The van der Waals surface area contributed by atoms with Gasteiger partial charge in [0.05, 0.1) is 19.3 Å². The van der Waals surface area contributed by atoms with E-state index in [1.165, 1.54) is 0 Å². The summed E-state index contributed by atoms with van der Waals surface area (Å²) >= 11 is 0. The van der Waals surface area contributed by atoms with Crippen LogP contribution in [0.2, 0.25) is 0 Å². The molecule has 128 valence electrons. The lowest BCUT2D eigenvalue weighted by atomic mass is 10.2. The van der Waals surface area contributed by atoms with Crippen molar-refractivity contribution < 1.29 is 14.3 Å². The van der Waals surface area contributed by atoms with Gasteiger partial charge in [-0.3, -0.25) is 14.3 Å². The van der Waals surface area contributed by atoms with Gasteiger partial charge in [-0.1, -0.05) is 18.2 Å². The number of hydrogen-bond donors (Lipinski definition) is 2. The maximum Gasteiger partial charge on any atom is 0.309 e. The highest BCUT2D eigenvalue weighted by atomic mass is 16.5. The van der Waals surface area contributed by atoms with Gasteiger partial charge >= 0.3 is 11.8 Å². The molecule has 2 aromatic rings. The number of aromatic nitrogens is 2. The van der Waals surface area contributed by atoms with Gasteiger partial charge in [0, 0.05) is 24.3 Å². The number of methoxy groups -OCH3 is 1. The fourth-order valence-electron chi connectivity index (χ4n) is 2.36. The van der Waals surface area contributed by atoms with Gasteiger partial charge in [-0.2, -0.15) is 5.10 Å². The highest BCUT2D eigenvalue weighted by Crippen LogP contribution is 2.16. The van der Waals surface area contributed by atoms with E-state index in [2.05, 4.69) is 15.7 Å². The van der Waals surface area contributed by atoms with E-state index in [-0.39, 0.29) is 6.54 Å². The number of carbonyl (C=O) groups is 2. The van der Waals surface area contributed by atoms with E-state index in [1.807, 2.05) is 38.1 Å². The van der Waals surface area contributed by atoms with Crippen LogP contribution in [0, 0.1) is 13.8 Å². The van der Waals surface area contributed by atoms with Crippen molar-refractivity contribution in [2.75, 3.05) is 13.7 Å². The zero-order valence-corrected chi connectivity index (χ0v) is 14.1. The number of nitrogens with one attached hydrogen (secondary N) is 2. The van der Waals surface area contributed by atoms with Crippen molar-refractivity contribution in [3.05, 3.63) is 47.3 Å². The molecule has 1 aromatic heterocycles. The third-order valence-corrected chi connectivity index (χ3v) is 3.55. The van der Waals surface area contributed by atoms with Crippen LogP contribution in [0.3, 0.4) is 0 Å². The Balaban J connectivity index is 1.78. The third-order valence-electron chi connectivity index (χ3n) is 3.55. The van der Waals surface area contributed by atoms with Crippen LogP contribution in [0.5, 0.6) is 5.75 Å². The highest BCUT2D eigenvalue weighted by Gasteiger charge is 2.13. The smallest absolute Gasteiger partial charge is 0.309 e. The molecule has 0 unspecified atom stereocenters. The Hall–Kier alpha value is -2.83. The van der Waals surface area contributed by atoms with Gasteiger partial charge in [0.25, 0.3) is 0 Å². The van der Waals surface area contributed by atoms with E-state index in [9.17, 15) is 9.59 Å². The fourth-order valence-corrected chi connectivity index (χ4v) is 2.36. The van der Waals surface area contributed by atoms with Crippen LogP contribution in [-0.4, -0.2) is 35.2 Å². The van der Waals surface area contributed by atoms with Crippen LogP contribution in [0.25, 0.3) is 0 Å². The minimum atomic E-state index is -0.672. The first-order valence-corrected chi connectivity index (χ1v) is 7.70. The summed E-state index contributed by atoms with van der Waals surface area (Å²) < 4.78 is 7.00. The monoisotopic (exact) mass is 330 g/mol. The van der Waals surface area contributed by atoms with Crippen molar-refractivity contribution in [2.45, 2.75) is 26.9 Å². The van der Waals surface area contributed by atoms with E-state index in [1.54, 1.807) is 17.9 Å². The number of hydrogen-bond acceptors (Lipinski definition) is 4. The highest BCUT2D eigenvalue weighted by molar-refractivity contribution is 6.35. The van der Waals surface area contributed by atoms with E-state index in [0.717, 1.165) is 17.0 Å². The molecule has 0 bridgehead atoms. The number of rotatable bonds is 6. The first-order chi connectivity index (χ1) is 11.5.